The van der Waals surface area contributed by atoms with Gasteiger partial charge in [0.1, 0.15) is 5.75 Å². The van der Waals surface area contributed by atoms with Crippen LogP contribution in [0.15, 0.2) is 42.5 Å². The molecule has 0 radical (unpaired) electrons. The van der Waals surface area contributed by atoms with Gasteiger partial charge in [-0.05, 0) is 42.7 Å². The molecule has 0 atom stereocenters. The van der Waals surface area contributed by atoms with Gasteiger partial charge in [-0.2, -0.15) is 0 Å². The van der Waals surface area contributed by atoms with Crippen LogP contribution in [0, 0.1) is 6.92 Å². The van der Waals surface area contributed by atoms with Crippen molar-refractivity contribution in [1.82, 2.24) is 0 Å². The second kappa shape index (κ2) is 6.10. The Labute approximate surface area is 130 Å². The van der Waals surface area contributed by atoms with Crippen molar-refractivity contribution in [3.63, 3.8) is 0 Å². The second-order valence-electron chi connectivity index (χ2n) is 5.62. The molecule has 2 aromatic rings. The lowest BCUT2D eigenvalue weighted by molar-refractivity contribution is -0.118. The molecule has 0 fully saturated rings. The fraction of sp³-hybridized carbons (Fsp3) is 0.278. The van der Waals surface area contributed by atoms with Crippen molar-refractivity contribution >= 4 is 17.3 Å². The highest BCUT2D eigenvalue weighted by Crippen LogP contribution is 2.29. The first kappa shape index (κ1) is 14.4. The summed E-state index contributed by atoms with van der Waals surface area (Å²) in [5.41, 5.74) is 4.36. The molecule has 4 heteroatoms. The summed E-state index contributed by atoms with van der Waals surface area (Å²) in [4.78, 5) is 14.2. The van der Waals surface area contributed by atoms with E-state index in [1.807, 2.05) is 43.3 Å². The number of fused-ring (bicyclic) bond motifs is 1. The summed E-state index contributed by atoms with van der Waals surface area (Å²) < 4.78 is 5.56. The molecule has 0 bridgehead atoms. The van der Waals surface area contributed by atoms with Gasteiger partial charge in [-0.15, -0.1) is 0 Å². The van der Waals surface area contributed by atoms with Gasteiger partial charge in [-0.25, -0.2) is 0 Å². The van der Waals surface area contributed by atoms with Gasteiger partial charge in [0.15, 0.2) is 6.61 Å². The minimum Gasteiger partial charge on any atom is -0.483 e. The largest absolute Gasteiger partial charge is 0.483 e. The van der Waals surface area contributed by atoms with Gasteiger partial charge in [0.25, 0.3) is 5.91 Å². The fourth-order valence-corrected chi connectivity index (χ4v) is 2.68. The van der Waals surface area contributed by atoms with Gasteiger partial charge in [-0.3, -0.25) is 4.79 Å². The van der Waals surface area contributed by atoms with Gasteiger partial charge in [-0.1, -0.05) is 24.3 Å². The summed E-state index contributed by atoms with van der Waals surface area (Å²) in [6.45, 7) is 3.00. The Bertz CT molecular complexity index is 697. The van der Waals surface area contributed by atoms with E-state index in [-0.39, 0.29) is 12.5 Å². The first-order chi connectivity index (χ1) is 10.6. The molecule has 2 aromatic carbocycles. The molecule has 0 unspecified atom stereocenters. The quantitative estimate of drug-likeness (QED) is 0.943. The van der Waals surface area contributed by atoms with E-state index in [9.17, 15) is 4.79 Å². The lowest BCUT2D eigenvalue weighted by Gasteiger charge is -2.14. The SMILES string of the molecule is Cc1ccccc1OCC(=O)Nc1ccc2c(c1)N(C)CC2. The zero-order valence-electron chi connectivity index (χ0n) is 12.9. The van der Waals surface area contributed by atoms with Gasteiger partial charge in [0, 0.05) is 25.0 Å². The normalized spacial score (nSPS) is 12.9. The molecule has 3 rings (SSSR count). The maximum Gasteiger partial charge on any atom is 0.262 e. The number of amides is 1. The Balaban J connectivity index is 1.61. The van der Waals surface area contributed by atoms with Crippen LogP contribution in [-0.2, 0) is 11.2 Å². The van der Waals surface area contributed by atoms with Gasteiger partial charge < -0.3 is 15.0 Å². The molecule has 0 saturated carbocycles. The molecular weight excluding hydrogens is 276 g/mol. The van der Waals surface area contributed by atoms with Crippen LogP contribution >= 0.6 is 0 Å². The van der Waals surface area contributed by atoms with Crippen molar-refractivity contribution in [3.8, 4) is 5.75 Å². The van der Waals surface area contributed by atoms with E-state index in [1.54, 1.807) is 0 Å². The number of ether oxygens (including phenoxy) is 1. The number of nitrogens with zero attached hydrogens (tertiary/aromatic N) is 1. The zero-order valence-corrected chi connectivity index (χ0v) is 12.9. The number of carbonyl (C=O) groups excluding carboxylic acids is 1. The number of rotatable bonds is 4. The Morgan fingerprint density at radius 3 is 2.91 bits per heavy atom. The number of aryl methyl sites for hydroxylation is 1. The Kier molecular flexibility index (Phi) is 4.00. The van der Waals surface area contributed by atoms with Crippen LogP contribution in [0.1, 0.15) is 11.1 Å². The third-order valence-corrected chi connectivity index (χ3v) is 3.95. The highest BCUT2D eigenvalue weighted by Gasteiger charge is 2.16. The van der Waals surface area contributed by atoms with E-state index in [0.717, 1.165) is 30.0 Å². The average molecular weight is 296 g/mol. The second-order valence-corrected chi connectivity index (χ2v) is 5.62. The molecule has 1 N–H and O–H groups in total. The van der Waals surface area contributed by atoms with Crippen molar-refractivity contribution in [2.45, 2.75) is 13.3 Å². The van der Waals surface area contributed by atoms with Crippen molar-refractivity contribution in [3.05, 3.63) is 53.6 Å². The summed E-state index contributed by atoms with van der Waals surface area (Å²) in [6, 6.07) is 13.7. The highest BCUT2D eigenvalue weighted by atomic mass is 16.5. The molecule has 0 aliphatic carbocycles. The minimum absolute atomic E-state index is 0.0117. The van der Waals surface area contributed by atoms with Crippen molar-refractivity contribution in [1.29, 1.82) is 0 Å². The smallest absolute Gasteiger partial charge is 0.262 e. The van der Waals surface area contributed by atoms with E-state index in [4.69, 9.17) is 4.74 Å². The number of nitrogens with one attached hydrogen (secondary N) is 1. The Morgan fingerprint density at radius 1 is 1.27 bits per heavy atom. The van der Waals surface area contributed by atoms with Crippen LogP contribution in [0.3, 0.4) is 0 Å². The molecule has 0 aromatic heterocycles. The molecule has 0 spiro atoms. The molecule has 0 saturated heterocycles. The third kappa shape index (κ3) is 3.06. The monoisotopic (exact) mass is 296 g/mol. The Hall–Kier alpha value is -2.49. The highest BCUT2D eigenvalue weighted by molar-refractivity contribution is 5.92. The molecular formula is C18H20N2O2. The van der Waals surface area contributed by atoms with Gasteiger partial charge >= 0.3 is 0 Å². The summed E-state index contributed by atoms with van der Waals surface area (Å²) in [6.07, 6.45) is 1.07. The standard InChI is InChI=1S/C18H20N2O2/c1-13-5-3-4-6-17(13)22-12-18(21)19-15-8-7-14-9-10-20(2)16(14)11-15/h3-8,11H,9-10,12H2,1-2H3,(H,19,21). The van der Waals surface area contributed by atoms with Crippen LogP contribution in [0.25, 0.3) is 0 Å². The van der Waals surface area contributed by atoms with Crippen LogP contribution in [-0.4, -0.2) is 26.1 Å². The summed E-state index contributed by atoms with van der Waals surface area (Å²) in [5.74, 6) is 0.593. The zero-order chi connectivity index (χ0) is 15.5. The number of para-hydroxylation sites is 1. The van der Waals surface area contributed by atoms with Crippen molar-refractivity contribution in [2.75, 3.05) is 30.4 Å². The van der Waals surface area contributed by atoms with E-state index in [1.165, 1.54) is 11.3 Å². The first-order valence-electron chi connectivity index (χ1n) is 7.46. The maximum absolute atomic E-state index is 12.0. The lowest BCUT2D eigenvalue weighted by atomic mass is 10.1. The maximum atomic E-state index is 12.0. The van der Waals surface area contributed by atoms with E-state index >= 15 is 0 Å². The topological polar surface area (TPSA) is 41.6 Å². The number of likely N-dealkylation sites (N-methyl/N-ethyl adjacent to an activating group) is 1. The van der Waals surface area contributed by atoms with E-state index in [2.05, 4.69) is 23.3 Å². The number of hydrogen-bond donors (Lipinski definition) is 1. The van der Waals surface area contributed by atoms with Crippen LogP contribution in [0.5, 0.6) is 5.75 Å². The summed E-state index contributed by atoms with van der Waals surface area (Å²) >= 11 is 0. The van der Waals surface area contributed by atoms with Crippen LogP contribution in [0.4, 0.5) is 11.4 Å². The van der Waals surface area contributed by atoms with Gasteiger partial charge in [0.05, 0.1) is 0 Å². The van der Waals surface area contributed by atoms with Gasteiger partial charge in [0.2, 0.25) is 0 Å². The molecule has 4 nitrogen and oxygen atoms in total. The summed E-state index contributed by atoms with van der Waals surface area (Å²) in [5, 5.41) is 2.89. The molecule has 1 amide bonds. The summed E-state index contributed by atoms with van der Waals surface area (Å²) in [7, 11) is 2.07. The van der Waals surface area contributed by atoms with Crippen LogP contribution in [0.2, 0.25) is 0 Å². The minimum atomic E-state index is -0.149. The fourth-order valence-electron chi connectivity index (χ4n) is 2.68. The first-order valence-corrected chi connectivity index (χ1v) is 7.46. The molecule has 1 heterocycles. The number of benzene rings is 2. The lowest BCUT2D eigenvalue weighted by Crippen LogP contribution is -2.20. The average Bonchev–Trinajstić information content (AvgIpc) is 2.88. The number of anilines is 2. The van der Waals surface area contributed by atoms with E-state index in [0.29, 0.717) is 0 Å². The van der Waals surface area contributed by atoms with E-state index < -0.39 is 0 Å². The predicted molar refractivity (Wildman–Crippen MR) is 88.7 cm³/mol. The van der Waals surface area contributed by atoms with Crippen molar-refractivity contribution < 1.29 is 9.53 Å². The third-order valence-electron chi connectivity index (χ3n) is 3.95. The number of hydrogen-bond acceptors (Lipinski definition) is 3. The Morgan fingerprint density at radius 2 is 2.09 bits per heavy atom. The predicted octanol–water partition coefficient (Wildman–Crippen LogP) is 3.00. The van der Waals surface area contributed by atoms with Crippen LogP contribution < -0.4 is 15.0 Å². The molecule has 22 heavy (non-hydrogen) atoms. The molecule has 1 aliphatic rings. The molecule has 114 valence electrons. The van der Waals surface area contributed by atoms with Crippen molar-refractivity contribution in [2.24, 2.45) is 0 Å². The molecule has 1 aliphatic heterocycles. The number of carbonyl (C=O) groups is 1.